The number of hydrogen-bond donors (Lipinski definition) is 1. The van der Waals surface area contributed by atoms with Crippen LogP contribution in [0.2, 0.25) is 0 Å². The maximum Gasteiger partial charge on any atom is 0.244 e. The van der Waals surface area contributed by atoms with E-state index in [1.165, 1.54) is 12.3 Å². The third-order valence-electron chi connectivity index (χ3n) is 2.53. The Morgan fingerprint density at radius 1 is 1.44 bits per heavy atom. The van der Waals surface area contributed by atoms with Gasteiger partial charge in [-0.1, -0.05) is 36.9 Å². The van der Waals surface area contributed by atoms with Crippen molar-refractivity contribution in [2.24, 2.45) is 0 Å². The molecule has 1 heterocycles. The van der Waals surface area contributed by atoms with Gasteiger partial charge in [0.05, 0.1) is 6.20 Å². The van der Waals surface area contributed by atoms with E-state index in [2.05, 4.69) is 16.9 Å². The highest BCUT2D eigenvalue weighted by atomic mass is 16.3. The molecule has 0 bridgehead atoms. The molecule has 2 aromatic rings. The number of carbonyl (C=O) groups excluding carboxylic acids is 1. The number of aromatic nitrogens is 1. The third kappa shape index (κ3) is 3.07. The van der Waals surface area contributed by atoms with Crippen LogP contribution in [0.15, 0.2) is 59.9 Å². The molecule has 4 heteroatoms. The maximum atomic E-state index is 11.4. The minimum Gasteiger partial charge on any atom is -0.447 e. The number of benzene rings is 1. The summed E-state index contributed by atoms with van der Waals surface area (Å²) in [4.78, 5) is 15.5. The normalized spacial score (nSPS) is 11.8. The van der Waals surface area contributed by atoms with Gasteiger partial charge >= 0.3 is 0 Å². The van der Waals surface area contributed by atoms with Crippen molar-refractivity contribution in [1.82, 2.24) is 10.3 Å². The van der Waals surface area contributed by atoms with Crippen LogP contribution in [0.1, 0.15) is 17.5 Å². The molecular formula is C14H14N2O2. The number of nitrogens with one attached hydrogen (secondary N) is 1. The molecule has 1 atom stereocenters. The molecule has 0 spiro atoms. The largest absolute Gasteiger partial charge is 0.447 e. The molecule has 1 unspecified atom stereocenters. The van der Waals surface area contributed by atoms with Crippen LogP contribution < -0.4 is 5.32 Å². The predicted octanol–water partition coefficient (Wildman–Crippen LogP) is 2.26. The van der Waals surface area contributed by atoms with Crippen molar-refractivity contribution in [1.29, 1.82) is 0 Å². The van der Waals surface area contributed by atoms with Crippen LogP contribution in [0.3, 0.4) is 0 Å². The Labute approximate surface area is 105 Å². The summed E-state index contributed by atoms with van der Waals surface area (Å²) in [5.74, 6) is 0.253. The van der Waals surface area contributed by atoms with E-state index >= 15 is 0 Å². The first-order valence-electron chi connectivity index (χ1n) is 5.66. The fraction of sp³-hybridized carbons (Fsp3) is 0.143. The third-order valence-corrected chi connectivity index (χ3v) is 2.53. The minimum atomic E-state index is -0.284. The zero-order valence-electron chi connectivity index (χ0n) is 9.87. The summed E-state index contributed by atoms with van der Waals surface area (Å²) in [6, 6.07) is 9.57. The van der Waals surface area contributed by atoms with Gasteiger partial charge in [0, 0.05) is 6.42 Å². The number of carbonyl (C=O) groups is 1. The second-order valence-electron chi connectivity index (χ2n) is 3.83. The number of nitrogens with zero attached hydrogens (tertiary/aromatic N) is 1. The molecule has 0 saturated heterocycles. The molecule has 18 heavy (non-hydrogen) atoms. The summed E-state index contributed by atoms with van der Waals surface area (Å²) >= 11 is 0. The van der Waals surface area contributed by atoms with Crippen LogP contribution in [0.5, 0.6) is 0 Å². The Morgan fingerprint density at radius 2 is 2.22 bits per heavy atom. The van der Waals surface area contributed by atoms with E-state index in [1.807, 2.05) is 30.3 Å². The van der Waals surface area contributed by atoms with E-state index < -0.39 is 0 Å². The predicted molar refractivity (Wildman–Crippen MR) is 67.7 cm³/mol. The molecule has 1 aromatic heterocycles. The minimum absolute atomic E-state index is 0.242. The molecular weight excluding hydrogens is 228 g/mol. The molecule has 1 aromatic carbocycles. The van der Waals surface area contributed by atoms with Crippen molar-refractivity contribution < 1.29 is 9.21 Å². The molecule has 0 saturated carbocycles. The van der Waals surface area contributed by atoms with Crippen molar-refractivity contribution >= 4 is 5.91 Å². The molecule has 0 fully saturated rings. The Morgan fingerprint density at radius 3 is 2.83 bits per heavy atom. The Hall–Kier alpha value is -2.36. The van der Waals surface area contributed by atoms with Crippen LogP contribution in [-0.4, -0.2) is 10.9 Å². The molecule has 4 nitrogen and oxygen atoms in total. The lowest BCUT2D eigenvalue weighted by atomic mass is 10.1. The van der Waals surface area contributed by atoms with E-state index in [0.717, 1.165) is 5.56 Å². The first-order valence-corrected chi connectivity index (χ1v) is 5.66. The lowest BCUT2D eigenvalue weighted by Crippen LogP contribution is -2.28. The van der Waals surface area contributed by atoms with Gasteiger partial charge in [0.15, 0.2) is 0 Å². The van der Waals surface area contributed by atoms with E-state index in [1.54, 1.807) is 6.20 Å². The highest BCUT2D eigenvalue weighted by Gasteiger charge is 2.17. The Kier molecular flexibility index (Phi) is 3.91. The molecule has 92 valence electrons. The van der Waals surface area contributed by atoms with Gasteiger partial charge in [0.1, 0.15) is 12.3 Å². The second kappa shape index (κ2) is 5.82. The molecule has 0 aliphatic heterocycles. The SMILES string of the molecule is C=CC(=O)NC(Cc1ccccc1)c1ncco1. The number of amides is 1. The van der Waals surface area contributed by atoms with E-state index in [4.69, 9.17) is 4.42 Å². The molecule has 2 rings (SSSR count). The fourth-order valence-electron chi connectivity index (χ4n) is 1.69. The summed E-state index contributed by atoms with van der Waals surface area (Å²) in [6.07, 6.45) is 4.92. The standard InChI is InChI=1S/C14H14N2O2/c1-2-13(17)16-12(14-15-8-9-18-14)10-11-6-4-3-5-7-11/h2-9,12H,1,10H2,(H,16,17). The van der Waals surface area contributed by atoms with E-state index in [9.17, 15) is 4.79 Å². The van der Waals surface area contributed by atoms with E-state index in [-0.39, 0.29) is 11.9 Å². The number of hydrogen-bond acceptors (Lipinski definition) is 3. The van der Waals surface area contributed by atoms with Gasteiger partial charge in [-0.25, -0.2) is 4.98 Å². The van der Waals surface area contributed by atoms with Gasteiger partial charge < -0.3 is 9.73 Å². The smallest absolute Gasteiger partial charge is 0.244 e. The molecule has 1 amide bonds. The van der Waals surface area contributed by atoms with Gasteiger partial charge in [-0.15, -0.1) is 0 Å². The lowest BCUT2D eigenvalue weighted by molar-refractivity contribution is -0.117. The summed E-state index contributed by atoms with van der Waals surface area (Å²) in [5.41, 5.74) is 1.10. The summed E-state index contributed by atoms with van der Waals surface area (Å²) < 4.78 is 5.25. The summed E-state index contributed by atoms with van der Waals surface area (Å²) in [7, 11) is 0. The zero-order chi connectivity index (χ0) is 12.8. The fourth-order valence-corrected chi connectivity index (χ4v) is 1.69. The van der Waals surface area contributed by atoms with Crippen LogP contribution in [0.4, 0.5) is 0 Å². The molecule has 0 aliphatic carbocycles. The topological polar surface area (TPSA) is 55.1 Å². The average Bonchev–Trinajstić information content (AvgIpc) is 2.93. The quantitative estimate of drug-likeness (QED) is 0.818. The van der Waals surface area contributed by atoms with Crippen molar-refractivity contribution in [3.8, 4) is 0 Å². The van der Waals surface area contributed by atoms with Gasteiger partial charge in [-0.05, 0) is 11.6 Å². The Balaban J connectivity index is 2.15. The molecule has 0 aliphatic rings. The van der Waals surface area contributed by atoms with Gasteiger partial charge in [-0.3, -0.25) is 4.79 Å². The van der Waals surface area contributed by atoms with Gasteiger partial charge in [0.2, 0.25) is 11.8 Å². The highest BCUT2D eigenvalue weighted by molar-refractivity contribution is 5.87. The van der Waals surface area contributed by atoms with Gasteiger partial charge in [-0.2, -0.15) is 0 Å². The van der Waals surface area contributed by atoms with Gasteiger partial charge in [0.25, 0.3) is 0 Å². The van der Waals surface area contributed by atoms with Crippen LogP contribution >= 0.6 is 0 Å². The van der Waals surface area contributed by atoms with Crippen LogP contribution in [0, 0.1) is 0 Å². The molecule has 0 radical (unpaired) electrons. The number of oxazole rings is 1. The maximum absolute atomic E-state index is 11.4. The second-order valence-corrected chi connectivity index (χ2v) is 3.83. The van der Waals surface area contributed by atoms with Crippen molar-refractivity contribution in [3.63, 3.8) is 0 Å². The highest BCUT2D eigenvalue weighted by Crippen LogP contribution is 2.16. The zero-order valence-corrected chi connectivity index (χ0v) is 9.87. The van der Waals surface area contributed by atoms with E-state index in [0.29, 0.717) is 12.3 Å². The van der Waals surface area contributed by atoms with Crippen LogP contribution in [0.25, 0.3) is 0 Å². The summed E-state index contributed by atoms with van der Waals surface area (Å²) in [6.45, 7) is 3.44. The lowest BCUT2D eigenvalue weighted by Gasteiger charge is -2.14. The number of rotatable bonds is 5. The summed E-state index contributed by atoms with van der Waals surface area (Å²) in [5, 5.41) is 2.80. The first-order chi connectivity index (χ1) is 8.79. The first kappa shape index (κ1) is 12.1. The van der Waals surface area contributed by atoms with Crippen molar-refractivity contribution in [2.45, 2.75) is 12.5 Å². The monoisotopic (exact) mass is 242 g/mol. The van der Waals surface area contributed by atoms with Crippen LogP contribution in [-0.2, 0) is 11.2 Å². The van der Waals surface area contributed by atoms with Crippen molar-refractivity contribution in [3.05, 3.63) is 66.9 Å². The Bertz CT molecular complexity index is 506. The van der Waals surface area contributed by atoms with Crippen molar-refractivity contribution in [2.75, 3.05) is 0 Å². The average molecular weight is 242 g/mol. The molecule has 1 N–H and O–H groups in total.